The van der Waals surface area contributed by atoms with Gasteiger partial charge in [0.1, 0.15) is 0 Å². The number of thiazole rings is 1. The monoisotopic (exact) mass is 314 g/mol. The number of alkyl halides is 1. The Kier molecular flexibility index (Phi) is 4.97. The first-order chi connectivity index (χ1) is 9.76. The van der Waals surface area contributed by atoms with Gasteiger partial charge in [-0.1, -0.05) is 0 Å². The summed E-state index contributed by atoms with van der Waals surface area (Å²) in [5, 5.41) is 13.2. The quantitative estimate of drug-likeness (QED) is 0.648. The van der Waals surface area contributed by atoms with Gasteiger partial charge in [0, 0.05) is 24.4 Å². The second-order valence-electron chi connectivity index (χ2n) is 6.15. The summed E-state index contributed by atoms with van der Waals surface area (Å²) in [6.45, 7) is 3.49. The van der Waals surface area contributed by atoms with E-state index in [4.69, 9.17) is 11.6 Å². The fourth-order valence-corrected chi connectivity index (χ4v) is 4.72. The van der Waals surface area contributed by atoms with Crippen molar-refractivity contribution in [2.24, 2.45) is 11.8 Å². The van der Waals surface area contributed by atoms with E-state index < -0.39 is 0 Å². The summed E-state index contributed by atoms with van der Waals surface area (Å²) in [6, 6.07) is 0. The van der Waals surface area contributed by atoms with Crippen molar-refractivity contribution in [3.05, 3.63) is 16.1 Å². The smallest absolute Gasteiger partial charge is 0.0928 e. The van der Waals surface area contributed by atoms with Crippen molar-refractivity contribution < 1.29 is 5.11 Å². The number of hydrogen-bond donors (Lipinski definition) is 1. The Labute approximate surface area is 130 Å². The molecule has 1 aromatic heterocycles. The zero-order chi connectivity index (χ0) is 13.9. The summed E-state index contributed by atoms with van der Waals surface area (Å²) in [5.74, 6) is 1.84. The van der Waals surface area contributed by atoms with Gasteiger partial charge in [-0.25, -0.2) is 4.98 Å². The van der Waals surface area contributed by atoms with Crippen molar-refractivity contribution in [1.82, 2.24) is 9.88 Å². The molecule has 1 saturated heterocycles. The Balaban J connectivity index is 1.34. The Morgan fingerprint density at radius 1 is 1.35 bits per heavy atom. The molecule has 1 aromatic rings. The standard InChI is InChI=1S/C15H23ClN2OS/c16-7-12-10-20-15(17-12)3-1-2-6-18-8-11-4-5-14(19)13(11)9-18/h10-11,13-14,19H,1-9H2. The van der Waals surface area contributed by atoms with E-state index in [1.165, 1.54) is 37.4 Å². The van der Waals surface area contributed by atoms with E-state index in [1.54, 1.807) is 11.3 Å². The minimum absolute atomic E-state index is 0.0331. The van der Waals surface area contributed by atoms with Crippen molar-refractivity contribution >= 4 is 22.9 Å². The number of aromatic nitrogens is 1. The molecular weight excluding hydrogens is 292 g/mol. The lowest BCUT2D eigenvalue weighted by Crippen LogP contribution is -2.25. The lowest BCUT2D eigenvalue weighted by Gasteiger charge is -2.17. The van der Waals surface area contributed by atoms with E-state index in [2.05, 4.69) is 15.3 Å². The summed E-state index contributed by atoms with van der Waals surface area (Å²) >= 11 is 7.49. The summed E-state index contributed by atoms with van der Waals surface area (Å²) in [4.78, 5) is 7.04. The number of aliphatic hydroxyl groups excluding tert-OH is 1. The van der Waals surface area contributed by atoms with E-state index >= 15 is 0 Å². The maximum Gasteiger partial charge on any atom is 0.0928 e. The molecule has 5 heteroatoms. The summed E-state index contributed by atoms with van der Waals surface area (Å²) in [7, 11) is 0. The molecule has 20 heavy (non-hydrogen) atoms. The molecule has 2 aliphatic rings. The first-order valence-corrected chi connectivity index (χ1v) is 9.07. The molecular formula is C15H23ClN2OS. The third-order valence-electron chi connectivity index (χ3n) is 4.75. The number of likely N-dealkylation sites (tertiary alicyclic amines) is 1. The molecule has 0 bridgehead atoms. The molecule has 0 spiro atoms. The van der Waals surface area contributed by atoms with Crippen LogP contribution in [0.2, 0.25) is 0 Å². The molecule has 3 rings (SSSR count). The molecule has 2 fully saturated rings. The highest BCUT2D eigenvalue weighted by Gasteiger charge is 2.41. The van der Waals surface area contributed by atoms with Crippen molar-refractivity contribution in [2.75, 3.05) is 19.6 Å². The zero-order valence-corrected chi connectivity index (χ0v) is 13.4. The van der Waals surface area contributed by atoms with Crippen molar-refractivity contribution in [3.8, 4) is 0 Å². The zero-order valence-electron chi connectivity index (χ0n) is 11.8. The highest BCUT2D eigenvalue weighted by atomic mass is 35.5. The molecule has 1 N–H and O–H groups in total. The predicted octanol–water partition coefficient (Wildman–Crippen LogP) is 2.91. The van der Waals surface area contributed by atoms with Gasteiger partial charge < -0.3 is 10.0 Å². The van der Waals surface area contributed by atoms with Crippen LogP contribution in [-0.4, -0.2) is 40.7 Å². The van der Waals surface area contributed by atoms with Crippen molar-refractivity contribution in [1.29, 1.82) is 0 Å². The van der Waals surface area contributed by atoms with Gasteiger partial charge in [-0.2, -0.15) is 0 Å². The molecule has 2 heterocycles. The third kappa shape index (κ3) is 3.35. The molecule has 3 unspecified atom stereocenters. The van der Waals surface area contributed by atoms with Gasteiger partial charge in [-0.3, -0.25) is 0 Å². The largest absolute Gasteiger partial charge is 0.393 e. The predicted molar refractivity (Wildman–Crippen MR) is 83.3 cm³/mol. The third-order valence-corrected chi connectivity index (χ3v) is 5.98. The molecule has 112 valence electrons. The summed E-state index contributed by atoms with van der Waals surface area (Å²) < 4.78 is 0. The van der Waals surface area contributed by atoms with Crippen LogP contribution >= 0.6 is 22.9 Å². The number of halogens is 1. The topological polar surface area (TPSA) is 36.4 Å². The van der Waals surface area contributed by atoms with Crippen LogP contribution in [0.5, 0.6) is 0 Å². The molecule has 3 nitrogen and oxygen atoms in total. The van der Waals surface area contributed by atoms with Gasteiger partial charge in [-0.05, 0) is 44.6 Å². The molecule has 1 aliphatic carbocycles. The average molecular weight is 315 g/mol. The lowest BCUT2D eigenvalue weighted by atomic mass is 10.00. The fraction of sp³-hybridized carbons (Fsp3) is 0.800. The van der Waals surface area contributed by atoms with Gasteiger partial charge in [-0.15, -0.1) is 22.9 Å². The Morgan fingerprint density at radius 3 is 3.00 bits per heavy atom. The summed E-state index contributed by atoms with van der Waals surface area (Å²) in [5.41, 5.74) is 1.01. The van der Waals surface area contributed by atoms with Crippen molar-refractivity contribution in [2.45, 2.75) is 44.1 Å². The molecule has 1 saturated carbocycles. The van der Waals surface area contributed by atoms with E-state index in [1.807, 2.05) is 0 Å². The normalized spacial score (nSPS) is 30.0. The SMILES string of the molecule is OC1CCC2CN(CCCCc3nc(CCl)cs3)CC12. The van der Waals surface area contributed by atoms with Crippen LogP contribution in [0.25, 0.3) is 0 Å². The number of fused-ring (bicyclic) bond motifs is 1. The highest BCUT2D eigenvalue weighted by Crippen LogP contribution is 2.38. The van der Waals surface area contributed by atoms with Gasteiger partial charge >= 0.3 is 0 Å². The average Bonchev–Trinajstić information content (AvgIpc) is 3.13. The van der Waals surface area contributed by atoms with Gasteiger partial charge in [0.25, 0.3) is 0 Å². The van der Waals surface area contributed by atoms with Crippen LogP contribution in [0.1, 0.15) is 36.4 Å². The first-order valence-electron chi connectivity index (χ1n) is 7.66. The second kappa shape index (κ2) is 6.73. The Morgan fingerprint density at radius 2 is 2.25 bits per heavy atom. The molecule has 1 aliphatic heterocycles. The van der Waals surface area contributed by atoms with Crippen LogP contribution < -0.4 is 0 Å². The van der Waals surface area contributed by atoms with E-state index in [0.29, 0.717) is 11.8 Å². The van der Waals surface area contributed by atoms with Crippen LogP contribution in [0.4, 0.5) is 0 Å². The first kappa shape index (κ1) is 14.8. The van der Waals surface area contributed by atoms with Crippen LogP contribution in [-0.2, 0) is 12.3 Å². The minimum atomic E-state index is -0.0331. The second-order valence-corrected chi connectivity index (χ2v) is 7.36. The fourth-order valence-electron chi connectivity index (χ4n) is 3.65. The van der Waals surface area contributed by atoms with E-state index in [9.17, 15) is 5.11 Å². The van der Waals surface area contributed by atoms with Crippen LogP contribution in [0.15, 0.2) is 5.38 Å². The number of unbranched alkanes of at least 4 members (excludes halogenated alkanes) is 1. The van der Waals surface area contributed by atoms with Gasteiger partial charge in [0.2, 0.25) is 0 Å². The van der Waals surface area contributed by atoms with Gasteiger partial charge in [0.05, 0.1) is 22.7 Å². The van der Waals surface area contributed by atoms with Crippen LogP contribution in [0.3, 0.4) is 0 Å². The van der Waals surface area contributed by atoms with Crippen molar-refractivity contribution in [3.63, 3.8) is 0 Å². The maximum absolute atomic E-state index is 9.92. The molecule has 0 amide bonds. The Bertz CT molecular complexity index is 439. The Hall–Kier alpha value is -0.160. The summed E-state index contributed by atoms with van der Waals surface area (Å²) in [6.07, 6.45) is 5.72. The van der Waals surface area contributed by atoms with E-state index in [0.717, 1.165) is 31.0 Å². The number of rotatable bonds is 6. The maximum atomic E-state index is 9.92. The molecule has 0 aromatic carbocycles. The van der Waals surface area contributed by atoms with Gasteiger partial charge in [0.15, 0.2) is 0 Å². The molecule has 3 atom stereocenters. The minimum Gasteiger partial charge on any atom is -0.393 e. The number of aliphatic hydroxyl groups is 1. The van der Waals surface area contributed by atoms with E-state index in [-0.39, 0.29) is 6.10 Å². The molecule has 0 radical (unpaired) electrons. The number of hydrogen-bond acceptors (Lipinski definition) is 4. The van der Waals surface area contributed by atoms with Crippen LogP contribution in [0, 0.1) is 11.8 Å². The highest BCUT2D eigenvalue weighted by molar-refractivity contribution is 7.09. The number of aryl methyl sites for hydroxylation is 1. The number of nitrogens with zero attached hydrogens (tertiary/aromatic N) is 2. The lowest BCUT2D eigenvalue weighted by molar-refractivity contribution is 0.124.